The second-order valence-electron chi connectivity index (χ2n) is 6.67. The standard InChI is InChI=1S/C21H34N2/c1-3-5-7-8-13-17-22-18-19-23(20-14-11-9-12-15-20)21(22)16-10-6-4-2/h9,11-12,14-15,18-19,21H,3-8,10,13,16-17H2,1-2H3. The van der Waals surface area contributed by atoms with E-state index in [2.05, 4.69) is 66.4 Å². The van der Waals surface area contributed by atoms with Crippen molar-refractivity contribution in [1.29, 1.82) is 0 Å². The summed E-state index contributed by atoms with van der Waals surface area (Å²) in [7, 11) is 0. The maximum absolute atomic E-state index is 2.56. The van der Waals surface area contributed by atoms with E-state index in [0.29, 0.717) is 6.17 Å². The van der Waals surface area contributed by atoms with E-state index in [4.69, 9.17) is 0 Å². The minimum atomic E-state index is 0.509. The van der Waals surface area contributed by atoms with Gasteiger partial charge in [-0.05, 0) is 31.4 Å². The van der Waals surface area contributed by atoms with Gasteiger partial charge in [0.25, 0.3) is 0 Å². The van der Waals surface area contributed by atoms with E-state index in [0.717, 1.165) is 0 Å². The maximum Gasteiger partial charge on any atom is 0.105 e. The van der Waals surface area contributed by atoms with Gasteiger partial charge in [0.05, 0.1) is 0 Å². The van der Waals surface area contributed by atoms with Gasteiger partial charge in [-0.15, -0.1) is 0 Å². The molecule has 0 bridgehead atoms. The van der Waals surface area contributed by atoms with E-state index >= 15 is 0 Å². The van der Waals surface area contributed by atoms with Crippen LogP contribution in [0.15, 0.2) is 42.7 Å². The highest BCUT2D eigenvalue weighted by molar-refractivity contribution is 5.51. The summed E-state index contributed by atoms with van der Waals surface area (Å²) in [5.74, 6) is 0. The van der Waals surface area contributed by atoms with Gasteiger partial charge in [0.2, 0.25) is 0 Å². The molecule has 0 fully saturated rings. The van der Waals surface area contributed by atoms with Gasteiger partial charge in [0.1, 0.15) is 6.17 Å². The van der Waals surface area contributed by atoms with Crippen molar-refractivity contribution in [3.63, 3.8) is 0 Å². The van der Waals surface area contributed by atoms with Crippen LogP contribution >= 0.6 is 0 Å². The first-order valence-electron chi connectivity index (χ1n) is 9.64. The van der Waals surface area contributed by atoms with Crippen LogP contribution in [0.3, 0.4) is 0 Å². The molecule has 2 heteroatoms. The Morgan fingerprint density at radius 2 is 1.48 bits per heavy atom. The second kappa shape index (κ2) is 10.4. The van der Waals surface area contributed by atoms with Crippen LogP contribution in [0.2, 0.25) is 0 Å². The van der Waals surface area contributed by atoms with Gasteiger partial charge in [-0.2, -0.15) is 0 Å². The van der Waals surface area contributed by atoms with Gasteiger partial charge in [-0.3, -0.25) is 0 Å². The topological polar surface area (TPSA) is 6.48 Å². The van der Waals surface area contributed by atoms with Crippen LogP contribution in [0, 0.1) is 0 Å². The molecule has 2 rings (SSSR count). The summed E-state index contributed by atoms with van der Waals surface area (Å²) in [6, 6.07) is 10.8. The lowest BCUT2D eigenvalue weighted by Gasteiger charge is -2.33. The third kappa shape index (κ3) is 5.60. The monoisotopic (exact) mass is 314 g/mol. The molecule has 1 aliphatic rings. The number of hydrogen-bond donors (Lipinski definition) is 0. The Labute approximate surface area is 143 Å². The van der Waals surface area contributed by atoms with Crippen molar-refractivity contribution >= 4 is 5.69 Å². The molecule has 0 N–H and O–H groups in total. The molecule has 1 aliphatic heterocycles. The summed E-state index contributed by atoms with van der Waals surface area (Å²) in [4.78, 5) is 5.02. The van der Waals surface area contributed by atoms with Gasteiger partial charge in [-0.1, -0.05) is 70.6 Å². The zero-order chi connectivity index (χ0) is 16.3. The minimum absolute atomic E-state index is 0.509. The van der Waals surface area contributed by atoms with Gasteiger partial charge in [0.15, 0.2) is 0 Å². The molecule has 23 heavy (non-hydrogen) atoms. The molecular formula is C21H34N2. The SMILES string of the molecule is CCCCCCCN1C=CN(c2ccccc2)C1CCCCC. The van der Waals surface area contributed by atoms with Gasteiger partial charge in [0, 0.05) is 24.6 Å². The van der Waals surface area contributed by atoms with Crippen molar-refractivity contribution in [3.05, 3.63) is 42.7 Å². The Morgan fingerprint density at radius 1 is 0.783 bits per heavy atom. The largest absolute Gasteiger partial charge is 0.356 e. The van der Waals surface area contributed by atoms with Crippen LogP contribution in [0.25, 0.3) is 0 Å². The predicted octanol–water partition coefficient (Wildman–Crippen LogP) is 6.16. The Morgan fingerprint density at radius 3 is 2.22 bits per heavy atom. The second-order valence-corrected chi connectivity index (χ2v) is 6.67. The molecule has 0 spiro atoms. The molecule has 1 aromatic rings. The predicted molar refractivity (Wildman–Crippen MR) is 101 cm³/mol. The highest BCUT2D eigenvalue weighted by Gasteiger charge is 2.26. The van der Waals surface area contributed by atoms with Crippen molar-refractivity contribution in [3.8, 4) is 0 Å². The summed E-state index contributed by atoms with van der Waals surface area (Å²) in [5.41, 5.74) is 1.32. The Kier molecular flexibility index (Phi) is 8.06. The first kappa shape index (κ1) is 17.9. The first-order chi connectivity index (χ1) is 11.4. The molecule has 2 nitrogen and oxygen atoms in total. The lowest BCUT2D eigenvalue weighted by Crippen LogP contribution is -2.39. The molecule has 0 aromatic heterocycles. The van der Waals surface area contributed by atoms with Crippen molar-refractivity contribution in [2.75, 3.05) is 11.4 Å². The normalized spacial score (nSPS) is 17.2. The quantitative estimate of drug-likeness (QED) is 0.451. The Balaban J connectivity index is 1.90. The summed E-state index contributed by atoms with van der Waals surface area (Å²) < 4.78 is 0. The average molecular weight is 315 g/mol. The first-order valence-corrected chi connectivity index (χ1v) is 9.64. The molecule has 0 saturated heterocycles. The number of hydrogen-bond acceptors (Lipinski definition) is 2. The summed E-state index contributed by atoms with van der Waals surface area (Å²) in [5, 5.41) is 0. The summed E-state index contributed by atoms with van der Waals surface area (Å²) in [6.45, 7) is 5.76. The fourth-order valence-electron chi connectivity index (χ4n) is 3.38. The van der Waals surface area contributed by atoms with E-state index in [1.807, 2.05) is 0 Å². The molecule has 1 atom stereocenters. The van der Waals surface area contributed by atoms with Crippen molar-refractivity contribution in [2.24, 2.45) is 0 Å². The van der Waals surface area contributed by atoms with Crippen LogP contribution in [0.4, 0.5) is 5.69 Å². The van der Waals surface area contributed by atoms with Crippen molar-refractivity contribution in [1.82, 2.24) is 4.90 Å². The van der Waals surface area contributed by atoms with Crippen LogP contribution < -0.4 is 4.90 Å². The zero-order valence-corrected chi connectivity index (χ0v) is 15.1. The van der Waals surface area contributed by atoms with Crippen LogP contribution in [0.5, 0.6) is 0 Å². The lowest BCUT2D eigenvalue weighted by atomic mass is 10.1. The Hall–Kier alpha value is -1.44. The molecule has 0 radical (unpaired) electrons. The zero-order valence-electron chi connectivity index (χ0n) is 15.1. The van der Waals surface area contributed by atoms with Gasteiger partial charge < -0.3 is 9.80 Å². The van der Waals surface area contributed by atoms with Crippen LogP contribution in [0.1, 0.15) is 71.6 Å². The lowest BCUT2D eigenvalue weighted by molar-refractivity contribution is 0.273. The number of anilines is 1. The fraction of sp³-hybridized carbons (Fsp3) is 0.619. The molecule has 0 amide bonds. The number of nitrogens with zero attached hydrogens (tertiary/aromatic N) is 2. The number of benzene rings is 1. The van der Waals surface area contributed by atoms with Crippen molar-refractivity contribution in [2.45, 2.75) is 77.8 Å². The third-order valence-electron chi connectivity index (χ3n) is 4.76. The number of para-hydroxylation sites is 1. The van der Waals surface area contributed by atoms with Gasteiger partial charge >= 0.3 is 0 Å². The summed E-state index contributed by atoms with van der Waals surface area (Å²) in [6.07, 6.45) is 17.1. The molecule has 0 saturated carbocycles. The van der Waals surface area contributed by atoms with E-state index < -0.39 is 0 Å². The summed E-state index contributed by atoms with van der Waals surface area (Å²) >= 11 is 0. The highest BCUT2D eigenvalue weighted by atomic mass is 15.4. The van der Waals surface area contributed by atoms with Crippen molar-refractivity contribution < 1.29 is 0 Å². The van der Waals surface area contributed by atoms with E-state index in [9.17, 15) is 0 Å². The van der Waals surface area contributed by atoms with Crippen LogP contribution in [-0.2, 0) is 0 Å². The highest BCUT2D eigenvalue weighted by Crippen LogP contribution is 2.28. The molecule has 1 heterocycles. The van der Waals surface area contributed by atoms with Gasteiger partial charge in [-0.25, -0.2) is 0 Å². The minimum Gasteiger partial charge on any atom is -0.356 e. The molecule has 1 unspecified atom stereocenters. The van der Waals surface area contributed by atoms with E-state index in [-0.39, 0.29) is 0 Å². The Bertz CT molecular complexity index is 440. The van der Waals surface area contributed by atoms with E-state index in [1.165, 1.54) is 70.0 Å². The molecule has 128 valence electrons. The molecular weight excluding hydrogens is 280 g/mol. The third-order valence-corrected chi connectivity index (χ3v) is 4.76. The maximum atomic E-state index is 2.56. The molecule has 0 aliphatic carbocycles. The van der Waals surface area contributed by atoms with E-state index in [1.54, 1.807) is 0 Å². The molecule has 1 aromatic carbocycles. The number of unbranched alkanes of at least 4 members (excludes halogenated alkanes) is 6. The number of rotatable bonds is 11. The average Bonchev–Trinajstić information content (AvgIpc) is 2.99. The van der Waals surface area contributed by atoms with Crippen LogP contribution in [-0.4, -0.2) is 17.6 Å². The smallest absolute Gasteiger partial charge is 0.105 e. The fourth-order valence-corrected chi connectivity index (χ4v) is 3.38.